The predicted molar refractivity (Wildman–Crippen MR) is 87.8 cm³/mol. The molecule has 1 N–H and O–H groups in total. The lowest BCUT2D eigenvalue weighted by Crippen LogP contribution is -2.43. The van der Waals surface area contributed by atoms with Crippen LogP contribution in [0.2, 0.25) is 5.02 Å². The van der Waals surface area contributed by atoms with Gasteiger partial charge in [-0.3, -0.25) is 0 Å². The van der Waals surface area contributed by atoms with Crippen molar-refractivity contribution >= 4 is 17.3 Å². The van der Waals surface area contributed by atoms with Crippen molar-refractivity contribution in [3.05, 3.63) is 28.8 Å². The van der Waals surface area contributed by atoms with E-state index in [2.05, 4.69) is 41.2 Å². The van der Waals surface area contributed by atoms with Crippen LogP contribution in [0.3, 0.4) is 0 Å². The smallest absolute Gasteiger partial charge is 0.0412 e. The largest absolute Gasteiger partial charge is 0.371 e. The van der Waals surface area contributed by atoms with E-state index in [1.165, 1.54) is 43.7 Å². The van der Waals surface area contributed by atoms with Gasteiger partial charge in [0.05, 0.1) is 0 Å². The molecule has 3 nitrogen and oxygen atoms in total. The molecule has 0 aromatic heterocycles. The van der Waals surface area contributed by atoms with Crippen LogP contribution in [0, 0.1) is 0 Å². The molecule has 2 rings (SSSR count). The molecule has 112 valence electrons. The van der Waals surface area contributed by atoms with E-state index in [0.29, 0.717) is 6.04 Å². The minimum absolute atomic E-state index is 0.634. The molecule has 0 spiro atoms. The maximum absolute atomic E-state index is 6.13. The molecule has 0 saturated carbocycles. The molecule has 4 heteroatoms. The summed E-state index contributed by atoms with van der Waals surface area (Å²) in [7, 11) is 4.19. The molecule has 0 unspecified atom stereocenters. The zero-order valence-corrected chi connectivity index (χ0v) is 13.6. The lowest BCUT2D eigenvalue weighted by molar-refractivity contribution is 0.221. The van der Waals surface area contributed by atoms with E-state index in [9.17, 15) is 0 Å². The second kappa shape index (κ2) is 7.30. The molecule has 20 heavy (non-hydrogen) atoms. The van der Waals surface area contributed by atoms with Gasteiger partial charge >= 0.3 is 0 Å². The number of anilines is 1. The predicted octanol–water partition coefficient (Wildman–Crippen LogP) is 2.98. The van der Waals surface area contributed by atoms with Crippen LogP contribution in [0.15, 0.2) is 18.2 Å². The molecule has 1 aliphatic rings. The summed E-state index contributed by atoms with van der Waals surface area (Å²) in [4.78, 5) is 4.97. The quantitative estimate of drug-likeness (QED) is 0.901. The van der Waals surface area contributed by atoms with Crippen LogP contribution in [-0.4, -0.2) is 44.7 Å². The zero-order valence-electron chi connectivity index (χ0n) is 12.8. The van der Waals surface area contributed by atoms with Gasteiger partial charge < -0.3 is 15.1 Å². The van der Waals surface area contributed by atoms with E-state index in [-0.39, 0.29) is 0 Å². The molecular weight excluding hydrogens is 270 g/mol. The molecule has 1 aromatic carbocycles. The van der Waals surface area contributed by atoms with Crippen molar-refractivity contribution in [2.45, 2.75) is 32.4 Å². The average molecular weight is 296 g/mol. The first-order valence-electron chi connectivity index (χ1n) is 7.54. The first-order chi connectivity index (χ1) is 9.65. The fourth-order valence-corrected chi connectivity index (χ4v) is 3.24. The van der Waals surface area contributed by atoms with Gasteiger partial charge in [-0.15, -0.1) is 0 Å². The summed E-state index contributed by atoms with van der Waals surface area (Å²) >= 11 is 6.13. The summed E-state index contributed by atoms with van der Waals surface area (Å²) < 4.78 is 0. The molecule has 0 amide bonds. The molecule has 0 bridgehead atoms. The Labute approximate surface area is 127 Å². The summed E-state index contributed by atoms with van der Waals surface area (Å²) in [6.45, 7) is 6.69. The lowest BCUT2D eigenvalue weighted by atomic mass is 10.0. The minimum Gasteiger partial charge on any atom is -0.371 e. The van der Waals surface area contributed by atoms with Crippen LogP contribution in [0.4, 0.5) is 5.69 Å². The maximum Gasteiger partial charge on any atom is 0.0412 e. The van der Waals surface area contributed by atoms with Crippen molar-refractivity contribution in [1.82, 2.24) is 10.2 Å². The van der Waals surface area contributed by atoms with Crippen molar-refractivity contribution in [1.29, 1.82) is 0 Å². The number of piperidine rings is 1. The first kappa shape index (κ1) is 15.6. The Morgan fingerprint density at radius 1 is 1.35 bits per heavy atom. The van der Waals surface area contributed by atoms with E-state index < -0.39 is 0 Å². The SMILES string of the molecule is CCN1CCC(N(C)c2ccc(Cl)cc2CNC)CC1. The van der Waals surface area contributed by atoms with Gasteiger partial charge in [0, 0.05) is 43.4 Å². The van der Waals surface area contributed by atoms with Crippen molar-refractivity contribution in [3.8, 4) is 0 Å². The topological polar surface area (TPSA) is 18.5 Å². The molecule has 0 atom stereocenters. The van der Waals surface area contributed by atoms with Crippen LogP contribution in [0.25, 0.3) is 0 Å². The highest BCUT2D eigenvalue weighted by Gasteiger charge is 2.23. The number of halogens is 1. The van der Waals surface area contributed by atoms with Crippen LogP contribution >= 0.6 is 11.6 Å². The molecule has 1 fully saturated rings. The number of rotatable bonds is 5. The Kier molecular flexibility index (Phi) is 5.70. The molecule has 1 heterocycles. The third-order valence-corrected chi connectivity index (χ3v) is 4.58. The highest BCUT2D eigenvalue weighted by atomic mass is 35.5. The zero-order chi connectivity index (χ0) is 14.5. The van der Waals surface area contributed by atoms with E-state index in [1.54, 1.807) is 0 Å². The van der Waals surface area contributed by atoms with Gasteiger partial charge in [-0.05, 0) is 50.2 Å². The second-order valence-electron chi connectivity index (χ2n) is 5.58. The van der Waals surface area contributed by atoms with Gasteiger partial charge in [-0.2, -0.15) is 0 Å². The Morgan fingerprint density at radius 3 is 2.65 bits per heavy atom. The summed E-state index contributed by atoms with van der Waals surface area (Å²) in [5, 5.41) is 4.05. The summed E-state index contributed by atoms with van der Waals surface area (Å²) in [5.74, 6) is 0. The normalized spacial score (nSPS) is 17.4. The molecular formula is C16H26ClN3. The molecule has 0 aliphatic carbocycles. The number of likely N-dealkylation sites (tertiary alicyclic amines) is 1. The number of nitrogens with zero attached hydrogens (tertiary/aromatic N) is 2. The fraction of sp³-hybridized carbons (Fsp3) is 0.625. The number of benzene rings is 1. The number of nitrogens with one attached hydrogen (secondary N) is 1. The fourth-order valence-electron chi connectivity index (χ4n) is 3.05. The van der Waals surface area contributed by atoms with E-state index in [4.69, 9.17) is 11.6 Å². The number of hydrogen-bond donors (Lipinski definition) is 1. The molecule has 1 aliphatic heterocycles. The van der Waals surface area contributed by atoms with Crippen molar-refractivity contribution < 1.29 is 0 Å². The third-order valence-electron chi connectivity index (χ3n) is 4.34. The van der Waals surface area contributed by atoms with Crippen LogP contribution in [0.5, 0.6) is 0 Å². The summed E-state index contributed by atoms with van der Waals surface area (Å²) in [6.07, 6.45) is 2.48. The standard InChI is InChI=1S/C16H26ClN3/c1-4-20-9-7-15(8-10-20)19(3)16-6-5-14(17)11-13(16)12-18-2/h5-6,11,15,18H,4,7-10,12H2,1-3H3. The Hall–Kier alpha value is -0.770. The van der Waals surface area contributed by atoms with Gasteiger partial charge in [0.15, 0.2) is 0 Å². The van der Waals surface area contributed by atoms with Gasteiger partial charge in [0.2, 0.25) is 0 Å². The second-order valence-corrected chi connectivity index (χ2v) is 6.02. The maximum atomic E-state index is 6.13. The van der Waals surface area contributed by atoms with Gasteiger partial charge in [0.25, 0.3) is 0 Å². The highest BCUT2D eigenvalue weighted by molar-refractivity contribution is 6.30. The Morgan fingerprint density at radius 2 is 2.05 bits per heavy atom. The van der Waals surface area contributed by atoms with Gasteiger partial charge in [-0.1, -0.05) is 18.5 Å². The minimum atomic E-state index is 0.634. The molecule has 0 radical (unpaired) electrons. The van der Waals surface area contributed by atoms with E-state index in [1.807, 2.05) is 13.1 Å². The van der Waals surface area contributed by atoms with Gasteiger partial charge in [-0.25, -0.2) is 0 Å². The summed E-state index contributed by atoms with van der Waals surface area (Å²) in [5.41, 5.74) is 2.58. The average Bonchev–Trinajstić information content (AvgIpc) is 2.47. The van der Waals surface area contributed by atoms with E-state index >= 15 is 0 Å². The Bertz CT molecular complexity index is 428. The van der Waals surface area contributed by atoms with Crippen LogP contribution in [-0.2, 0) is 6.54 Å². The van der Waals surface area contributed by atoms with Crippen LogP contribution in [0.1, 0.15) is 25.3 Å². The van der Waals surface area contributed by atoms with Crippen LogP contribution < -0.4 is 10.2 Å². The van der Waals surface area contributed by atoms with Crippen molar-refractivity contribution in [2.24, 2.45) is 0 Å². The highest BCUT2D eigenvalue weighted by Crippen LogP contribution is 2.28. The van der Waals surface area contributed by atoms with Crippen molar-refractivity contribution in [2.75, 3.05) is 38.6 Å². The summed E-state index contributed by atoms with van der Waals surface area (Å²) in [6, 6.07) is 6.86. The Balaban J connectivity index is 2.10. The lowest BCUT2D eigenvalue weighted by Gasteiger charge is -2.38. The van der Waals surface area contributed by atoms with Gasteiger partial charge in [0.1, 0.15) is 0 Å². The molecule has 1 saturated heterocycles. The van der Waals surface area contributed by atoms with Crippen molar-refractivity contribution in [3.63, 3.8) is 0 Å². The number of hydrogen-bond acceptors (Lipinski definition) is 3. The first-order valence-corrected chi connectivity index (χ1v) is 7.91. The third kappa shape index (κ3) is 3.66. The molecule has 1 aromatic rings. The monoisotopic (exact) mass is 295 g/mol. The van der Waals surface area contributed by atoms with E-state index in [0.717, 1.165) is 11.6 Å².